The third-order valence-electron chi connectivity index (χ3n) is 4.54. The summed E-state index contributed by atoms with van der Waals surface area (Å²) in [5, 5.41) is 9.77. The SMILES string of the molecule is C[C@@H]1CCCC[C@@H]1NC(=O)NC(=O)CSc1nn(-c2ccccc2)c(=S)s1. The van der Waals surface area contributed by atoms with Crippen LogP contribution in [0.1, 0.15) is 32.6 Å². The molecule has 0 radical (unpaired) electrons. The minimum atomic E-state index is -0.415. The number of benzene rings is 1. The first-order valence-electron chi connectivity index (χ1n) is 8.91. The molecule has 0 spiro atoms. The van der Waals surface area contributed by atoms with Crippen LogP contribution in [-0.4, -0.2) is 33.5 Å². The molecule has 3 amide bonds. The van der Waals surface area contributed by atoms with E-state index in [4.69, 9.17) is 12.2 Å². The summed E-state index contributed by atoms with van der Waals surface area (Å²) in [6.07, 6.45) is 4.41. The lowest BCUT2D eigenvalue weighted by molar-refractivity contribution is -0.117. The van der Waals surface area contributed by atoms with Crippen molar-refractivity contribution in [2.45, 2.75) is 43.0 Å². The van der Waals surface area contributed by atoms with Gasteiger partial charge in [0.15, 0.2) is 8.29 Å². The number of aromatic nitrogens is 2. The Balaban J connectivity index is 1.49. The molecule has 1 saturated carbocycles. The van der Waals surface area contributed by atoms with Crippen LogP contribution in [0.2, 0.25) is 0 Å². The molecule has 0 bridgehead atoms. The number of hydrogen-bond donors (Lipinski definition) is 2. The highest BCUT2D eigenvalue weighted by Gasteiger charge is 2.23. The lowest BCUT2D eigenvalue weighted by atomic mass is 9.86. The Kier molecular flexibility index (Phi) is 7.03. The Morgan fingerprint density at radius 2 is 2.04 bits per heavy atom. The van der Waals surface area contributed by atoms with Gasteiger partial charge in [-0.25, -0.2) is 9.48 Å². The van der Waals surface area contributed by atoms with Crippen molar-refractivity contribution in [3.05, 3.63) is 34.3 Å². The summed E-state index contributed by atoms with van der Waals surface area (Å²) >= 11 is 7.97. The van der Waals surface area contributed by atoms with E-state index in [0.29, 0.717) is 14.2 Å². The van der Waals surface area contributed by atoms with E-state index in [1.807, 2.05) is 30.3 Å². The molecule has 9 heteroatoms. The van der Waals surface area contributed by atoms with Gasteiger partial charge in [-0.2, -0.15) is 0 Å². The summed E-state index contributed by atoms with van der Waals surface area (Å²) in [6.45, 7) is 2.14. The molecular formula is C18H22N4O2S3. The van der Waals surface area contributed by atoms with Gasteiger partial charge in [0.05, 0.1) is 11.4 Å². The molecule has 1 heterocycles. The molecule has 1 fully saturated rings. The maximum absolute atomic E-state index is 12.1. The summed E-state index contributed by atoms with van der Waals surface area (Å²) in [7, 11) is 0. The number of carbonyl (C=O) groups is 2. The molecule has 3 rings (SSSR count). The van der Waals surface area contributed by atoms with Gasteiger partial charge in [0.1, 0.15) is 0 Å². The Bertz CT molecular complexity index is 850. The maximum Gasteiger partial charge on any atom is 0.321 e. The van der Waals surface area contributed by atoms with Crippen molar-refractivity contribution in [1.82, 2.24) is 20.4 Å². The zero-order valence-electron chi connectivity index (χ0n) is 15.0. The van der Waals surface area contributed by atoms with Crippen molar-refractivity contribution in [2.24, 2.45) is 5.92 Å². The Morgan fingerprint density at radius 1 is 1.30 bits per heavy atom. The molecular weight excluding hydrogens is 400 g/mol. The standard InChI is InChI=1S/C18H22N4O2S3/c1-12-7-5-6-10-14(12)19-16(24)20-15(23)11-26-17-21-22(18(25)27-17)13-8-3-2-4-9-13/h2-4,8-9,12,14H,5-7,10-11H2,1H3,(H2,19,20,23,24)/t12-,14+/m1/s1. The van der Waals surface area contributed by atoms with E-state index in [1.54, 1.807) is 4.68 Å². The summed E-state index contributed by atoms with van der Waals surface area (Å²) in [6, 6.07) is 9.34. The zero-order valence-corrected chi connectivity index (χ0v) is 17.5. The Labute approximate surface area is 171 Å². The van der Waals surface area contributed by atoms with Gasteiger partial charge < -0.3 is 5.32 Å². The van der Waals surface area contributed by atoms with Crippen LogP contribution in [0, 0.1) is 9.87 Å². The average molecular weight is 423 g/mol. The smallest absolute Gasteiger partial charge is 0.321 e. The normalized spacial score (nSPS) is 19.4. The van der Waals surface area contributed by atoms with Crippen LogP contribution in [0.5, 0.6) is 0 Å². The molecule has 6 nitrogen and oxygen atoms in total. The first-order valence-corrected chi connectivity index (χ1v) is 11.1. The second-order valence-corrected chi connectivity index (χ2v) is 9.40. The fraction of sp³-hybridized carbons (Fsp3) is 0.444. The largest absolute Gasteiger partial charge is 0.335 e. The number of para-hydroxylation sites is 1. The van der Waals surface area contributed by atoms with Gasteiger partial charge in [-0.1, -0.05) is 61.1 Å². The molecule has 0 aliphatic heterocycles. The first-order chi connectivity index (χ1) is 13.0. The van der Waals surface area contributed by atoms with Crippen LogP contribution in [0.15, 0.2) is 34.7 Å². The second kappa shape index (κ2) is 9.48. The predicted octanol–water partition coefficient (Wildman–Crippen LogP) is 4.16. The molecule has 144 valence electrons. The number of carbonyl (C=O) groups excluding carboxylic acids is 2. The molecule has 2 N–H and O–H groups in total. The Morgan fingerprint density at radius 3 is 2.78 bits per heavy atom. The fourth-order valence-electron chi connectivity index (χ4n) is 3.08. The van der Waals surface area contributed by atoms with E-state index in [1.165, 1.54) is 29.5 Å². The average Bonchev–Trinajstić information content (AvgIpc) is 3.03. The molecule has 2 aromatic rings. The quantitative estimate of drug-likeness (QED) is 0.559. The van der Waals surface area contributed by atoms with Crippen molar-refractivity contribution >= 4 is 47.3 Å². The van der Waals surface area contributed by atoms with Crippen LogP contribution >= 0.6 is 35.3 Å². The molecule has 0 unspecified atom stereocenters. The van der Waals surface area contributed by atoms with E-state index >= 15 is 0 Å². The van der Waals surface area contributed by atoms with Crippen molar-refractivity contribution in [1.29, 1.82) is 0 Å². The highest BCUT2D eigenvalue weighted by molar-refractivity contribution is 8.01. The van der Waals surface area contributed by atoms with Gasteiger partial charge in [-0.05, 0) is 43.1 Å². The minimum absolute atomic E-state index is 0.116. The van der Waals surface area contributed by atoms with Gasteiger partial charge in [-0.3, -0.25) is 10.1 Å². The van der Waals surface area contributed by atoms with E-state index in [9.17, 15) is 9.59 Å². The van der Waals surface area contributed by atoms with E-state index < -0.39 is 6.03 Å². The summed E-state index contributed by atoms with van der Waals surface area (Å²) in [5.41, 5.74) is 0.885. The van der Waals surface area contributed by atoms with E-state index in [0.717, 1.165) is 24.9 Å². The highest BCUT2D eigenvalue weighted by atomic mass is 32.2. The van der Waals surface area contributed by atoms with Crippen molar-refractivity contribution in [3.63, 3.8) is 0 Å². The number of rotatable bonds is 5. The van der Waals surface area contributed by atoms with Crippen molar-refractivity contribution < 1.29 is 9.59 Å². The van der Waals surface area contributed by atoms with Crippen LogP contribution in [0.4, 0.5) is 4.79 Å². The predicted molar refractivity (Wildman–Crippen MR) is 111 cm³/mol. The van der Waals surface area contributed by atoms with Crippen molar-refractivity contribution in [2.75, 3.05) is 5.75 Å². The van der Waals surface area contributed by atoms with Crippen LogP contribution < -0.4 is 10.6 Å². The highest BCUT2D eigenvalue weighted by Crippen LogP contribution is 2.24. The summed E-state index contributed by atoms with van der Waals surface area (Å²) < 4.78 is 2.99. The molecule has 1 aromatic heterocycles. The minimum Gasteiger partial charge on any atom is -0.335 e. The summed E-state index contributed by atoms with van der Waals surface area (Å²) in [5.74, 6) is 0.224. The lowest BCUT2D eigenvalue weighted by Gasteiger charge is -2.29. The number of thioether (sulfide) groups is 1. The zero-order chi connectivity index (χ0) is 19.2. The second-order valence-electron chi connectivity index (χ2n) is 6.56. The van der Waals surface area contributed by atoms with E-state index in [2.05, 4.69) is 22.7 Å². The van der Waals surface area contributed by atoms with Gasteiger partial charge in [0.2, 0.25) is 5.91 Å². The number of hydrogen-bond acceptors (Lipinski definition) is 6. The third-order valence-corrected chi connectivity index (χ3v) is 6.90. The first kappa shape index (κ1) is 20.0. The molecule has 1 aliphatic carbocycles. The number of nitrogens with zero attached hydrogens (tertiary/aromatic N) is 2. The number of amides is 3. The van der Waals surface area contributed by atoms with Crippen LogP contribution in [0.25, 0.3) is 5.69 Å². The van der Waals surface area contributed by atoms with Crippen LogP contribution in [0.3, 0.4) is 0 Å². The summed E-state index contributed by atoms with van der Waals surface area (Å²) in [4.78, 5) is 24.1. The van der Waals surface area contributed by atoms with Gasteiger partial charge in [-0.15, -0.1) is 5.10 Å². The molecule has 27 heavy (non-hydrogen) atoms. The van der Waals surface area contributed by atoms with Crippen molar-refractivity contribution in [3.8, 4) is 5.69 Å². The number of urea groups is 1. The van der Waals surface area contributed by atoms with Gasteiger partial charge >= 0.3 is 6.03 Å². The van der Waals surface area contributed by atoms with Gasteiger partial charge in [0.25, 0.3) is 0 Å². The monoisotopic (exact) mass is 422 g/mol. The molecule has 0 saturated heterocycles. The molecule has 1 aliphatic rings. The van der Waals surface area contributed by atoms with Gasteiger partial charge in [0, 0.05) is 6.04 Å². The third kappa shape index (κ3) is 5.63. The van der Waals surface area contributed by atoms with E-state index in [-0.39, 0.29) is 17.7 Å². The lowest BCUT2D eigenvalue weighted by Crippen LogP contribution is -2.48. The topological polar surface area (TPSA) is 76.0 Å². The Hall–Kier alpha value is -1.71. The van der Waals surface area contributed by atoms with Crippen LogP contribution in [-0.2, 0) is 4.79 Å². The molecule has 2 atom stereocenters. The number of nitrogens with one attached hydrogen (secondary N) is 2. The maximum atomic E-state index is 12.1. The fourth-order valence-corrected chi connectivity index (χ4v) is 5.24. The molecule has 1 aromatic carbocycles. The number of imide groups is 1.